The van der Waals surface area contributed by atoms with Gasteiger partial charge in [-0.3, -0.25) is 14.4 Å². The molecule has 3 aromatic carbocycles. The maximum Gasteiger partial charge on any atom is 0.264 e. The Morgan fingerprint density at radius 2 is 1.72 bits per heavy atom. The van der Waals surface area contributed by atoms with Gasteiger partial charge in [0, 0.05) is 17.1 Å². The minimum atomic E-state index is -3.86. The van der Waals surface area contributed by atoms with Crippen molar-refractivity contribution in [1.82, 2.24) is 5.32 Å². The molecule has 3 rings (SSSR count). The Balaban J connectivity index is 1.82. The molecule has 10 heteroatoms. The summed E-state index contributed by atoms with van der Waals surface area (Å²) in [6.45, 7) is 1.99. The van der Waals surface area contributed by atoms with Gasteiger partial charge in [-0.25, -0.2) is 8.42 Å². The third-order valence-corrected chi connectivity index (χ3v) is 7.09. The molecule has 0 radical (unpaired) electrons. The highest BCUT2D eigenvalue weighted by molar-refractivity contribution is 7.92. The van der Waals surface area contributed by atoms with E-state index in [2.05, 4.69) is 10.6 Å². The Morgan fingerprint density at radius 3 is 2.38 bits per heavy atom. The number of amides is 1. The number of nitrogens with zero attached hydrogens (tertiary/aromatic N) is 1. The highest BCUT2D eigenvalue weighted by Gasteiger charge is 2.24. The van der Waals surface area contributed by atoms with Crippen LogP contribution in [-0.2, 0) is 10.0 Å². The van der Waals surface area contributed by atoms with Crippen molar-refractivity contribution in [2.45, 2.75) is 11.8 Å². The summed E-state index contributed by atoms with van der Waals surface area (Å²) in [5.41, 5.74) is 1.11. The van der Waals surface area contributed by atoms with Crippen molar-refractivity contribution in [3.05, 3.63) is 88.4 Å². The van der Waals surface area contributed by atoms with Crippen molar-refractivity contribution >= 4 is 67.8 Å². The van der Waals surface area contributed by atoms with Gasteiger partial charge in [0.2, 0.25) is 0 Å². The number of carbonyl (C=O) groups is 1. The van der Waals surface area contributed by atoms with E-state index in [1.807, 2.05) is 6.07 Å². The third kappa shape index (κ3) is 5.58. The van der Waals surface area contributed by atoms with Gasteiger partial charge in [-0.1, -0.05) is 47.5 Å². The zero-order valence-corrected chi connectivity index (χ0v) is 20.0. The molecule has 0 fully saturated rings. The van der Waals surface area contributed by atoms with Crippen LogP contribution in [-0.4, -0.2) is 26.0 Å². The number of rotatable bonds is 6. The number of hydrogen-bond donors (Lipinski definition) is 2. The summed E-state index contributed by atoms with van der Waals surface area (Å²) >= 11 is 17.3. The molecule has 0 aliphatic carbocycles. The smallest absolute Gasteiger partial charge is 0.264 e. The molecule has 3 aromatic rings. The molecule has 32 heavy (non-hydrogen) atoms. The van der Waals surface area contributed by atoms with E-state index in [9.17, 15) is 13.2 Å². The van der Waals surface area contributed by atoms with Gasteiger partial charge in [0.25, 0.3) is 15.9 Å². The van der Waals surface area contributed by atoms with Crippen LogP contribution in [0.5, 0.6) is 0 Å². The topological polar surface area (TPSA) is 78.5 Å². The maximum absolute atomic E-state index is 13.2. The molecule has 0 heterocycles. The van der Waals surface area contributed by atoms with Gasteiger partial charge in [-0.2, -0.15) is 0 Å². The zero-order valence-electron chi connectivity index (χ0n) is 16.9. The molecule has 0 unspecified atom stereocenters. The average Bonchev–Trinajstić information content (AvgIpc) is 2.76. The number of carbonyl (C=O) groups excluding carboxylic acids is 1. The van der Waals surface area contributed by atoms with Gasteiger partial charge in [-0.15, -0.1) is 0 Å². The molecule has 0 aliphatic rings. The van der Waals surface area contributed by atoms with Crippen LogP contribution in [0.25, 0.3) is 0 Å². The summed E-state index contributed by atoms with van der Waals surface area (Å²) in [6.07, 6.45) is 0. The molecule has 0 bridgehead atoms. The fraction of sp³-hybridized carbons (Fsp3) is 0.0909. The minimum absolute atomic E-state index is 0.0269. The normalized spacial score (nSPS) is 11.0. The van der Waals surface area contributed by atoms with Crippen molar-refractivity contribution in [2.75, 3.05) is 16.2 Å². The molecular weight excluding hydrogens is 489 g/mol. The summed E-state index contributed by atoms with van der Waals surface area (Å²) in [7, 11) is -3.86. The molecule has 0 saturated carbocycles. The third-order valence-electron chi connectivity index (χ3n) is 4.42. The first-order valence-electron chi connectivity index (χ1n) is 9.47. The molecule has 0 aromatic heterocycles. The fourth-order valence-corrected chi connectivity index (χ4v) is 4.99. The largest absolute Gasteiger partial charge is 0.331 e. The standard InChI is InChI=1S/C22H19Cl2N3O3S2/c1-2-27(17-9-4-3-5-10-17)32(29,30)18-11-12-19(24)20(14-18)25-22(31)26-21(28)15-7-6-8-16(23)13-15/h3-14H,2H2,1H3,(H2,25,26,28,31). The lowest BCUT2D eigenvalue weighted by Gasteiger charge is -2.23. The monoisotopic (exact) mass is 507 g/mol. The predicted molar refractivity (Wildman–Crippen MR) is 133 cm³/mol. The zero-order chi connectivity index (χ0) is 23.3. The number of para-hydroxylation sites is 1. The lowest BCUT2D eigenvalue weighted by atomic mass is 10.2. The number of benzene rings is 3. The Morgan fingerprint density at radius 1 is 1.00 bits per heavy atom. The van der Waals surface area contributed by atoms with E-state index in [4.69, 9.17) is 35.4 Å². The van der Waals surface area contributed by atoms with Gasteiger partial charge < -0.3 is 5.32 Å². The number of thiocarbonyl (C=S) groups is 1. The molecule has 166 valence electrons. The summed E-state index contributed by atoms with van der Waals surface area (Å²) in [5.74, 6) is -0.467. The Bertz CT molecular complexity index is 1250. The minimum Gasteiger partial charge on any atom is -0.331 e. The predicted octanol–water partition coefficient (Wildman–Crippen LogP) is 5.34. The SMILES string of the molecule is CCN(c1ccccc1)S(=O)(=O)c1ccc(Cl)c(NC(=S)NC(=O)c2cccc(Cl)c2)c1. The van der Waals surface area contributed by atoms with Crippen molar-refractivity contribution < 1.29 is 13.2 Å². The number of anilines is 2. The first kappa shape index (κ1) is 24.0. The second-order valence-electron chi connectivity index (χ2n) is 6.57. The van der Waals surface area contributed by atoms with Gasteiger partial charge in [0.05, 0.1) is 21.3 Å². The Labute approximate surface area is 202 Å². The lowest BCUT2D eigenvalue weighted by molar-refractivity contribution is 0.0977. The van der Waals surface area contributed by atoms with Crippen LogP contribution in [0.2, 0.25) is 10.0 Å². The second-order valence-corrected chi connectivity index (χ2v) is 9.68. The fourth-order valence-electron chi connectivity index (χ4n) is 2.93. The summed E-state index contributed by atoms with van der Waals surface area (Å²) in [6, 6.07) is 19.4. The van der Waals surface area contributed by atoms with E-state index >= 15 is 0 Å². The molecule has 1 amide bonds. The van der Waals surface area contributed by atoms with Crippen molar-refractivity contribution in [2.24, 2.45) is 0 Å². The number of hydrogen-bond acceptors (Lipinski definition) is 4. The quantitative estimate of drug-likeness (QED) is 0.440. The van der Waals surface area contributed by atoms with Crippen molar-refractivity contribution in [3.63, 3.8) is 0 Å². The highest BCUT2D eigenvalue weighted by atomic mass is 35.5. The molecule has 6 nitrogen and oxygen atoms in total. The van der Waals surface area contributed by atoms with E-state index in [0.717, 1.165) is 0 Å². The van der Waals surface area contributed by atoms with Crippen LogP contribution in [0.3, 0.4) is 0 Å². The molecule has 2 N–H and O–H groups in total. The van der Waals surface area contributed by atoms with Crippen LogP contribution in [0.1, 0.15) is 17.3 Å². The molecule has 0 spiro atoms. The van der Waals surface area contributed by atoms with Crippen LogP contribution in [0.15, 0.2) is 77.7 Å². The molecule has 0 atom stereocenters. The van der Waals surface area contributed by atoms with E-state index in [0.29, 0.717) is 16.3 Å². The average molecular weight is 508 g/mol. The van der Waals surface area contributed by atoms with E-state index < -0.39 is 15.9 Å². The number of sulfonamides is 1. The summed E-state index contributed by atoms with van der Waals surface area (Å²) in [4.78, 5) is 12.4. The van der Waals surface area contributed by atoms with Gasteiger partial charge in [-0.05, 0) is 67.7 Å². The molecule has 0 saturated heterocycles. The van der Waals surface area contributed by atoms with Gasteiger partial charge in [0.1, 0.15) is 0 Å². The molecular formula is C22H19Cl2N3O3S2. The van der Waals surface area contributed by atoms with Crippen molar-refractivity contribution in [1.29, 1.82) is 0 Å². The first-order chi connectivity index (χ1) is 15.2. The van der Waals surface area contributed by atoms with E-state index in [1.165, 1.54) is 28.6 Å². The lowest BCUT2D eigenvalue weighted by Crippen LogP contribution is -2.34. The van der Waals surface area contributed by atoms with E-state index in [-0.39, 0.29) is 27.3 Å². The summed E-state index contributed by atoms with van der Waals surface area (Å²) < 4.78 is 27.8. The Kier molecular flexibility index (Phi) is 7.73. The van der Waals surface area contributed by atoms with Gasteiger partial charge in [0.15, 0.2) is 5.11 Å². The van der Waals surface area contributed by atoms with Crippen LogP contribution >= 0.6 is 35.4 Å². The highest BCUT2D eigenvalue weighted by Crippen LogP contribution is 2.29. The number of nitrogens with one attached hydrogen (secondary N) is 2. The van der Waals surface area contributed by atoms with Crippen molar-refractivity contribution in [3.8, 4) is 0 Å². The van der Waals surface area contributed by atoms with Crippen LogP contribution in [0, 0.1) is 0 Å². The first-order valence-corrected chi connectivity index (χ1v) is 12.1. The number of halogens is 2. The second kappa shape index (κ2) is 10.3. The van der Waals surface area contributed by atoms with E-state index in [1.54, 1.807) is 49.4 Å². The molecule has 0 aliphatic heterocycles. The van der Waals surface area contributed by atoms with Gasteiger partial charge >= 0.3 is 0 Å². The van der Waals surface area contributed by atoms with Crippen LogP contribution < -0.4 is 14.9 Å². The van der Waals surface area contributed by atoms with Crippen LogP contribution in [0.4, 0.5) is 11.4 Å². The Hall–Kier alpha value is -2.65. The summed E-state index contributed by atoms with van der Waals surface area (Å²) in [5, 5.41) is 5.92. The maximum atomic E-state index is 13.2.